The molecule has 0 spiro atoms. The number of nitrogens with zero attached hydrogens (tertiary/aromatic N) is 1. The van der Waals surface area contributed by atoms with Gasteiger partial charge in [-0.3, -0.25) is 4.79 Å². The van der Waals surface area contributed by atoms with Crippen LogP contribution in [0.1, 0.15) is 21.5 Å². The average Bonchev–Trinajstić information content (AvgIpc) is 2.69. The molecule has 28 heavy (non-hydrogen) atoms. The first-order valence-electron chi connectivity index (χ1n) is 8.31. The van der Waals surface area contributed by atoms with Crippen LogP contribution < -0.4 is 10.2 Å². The smallest absolute Gasteiger partial charge is 0.275 e. The number of hydrogen-bond acceptors (Lipinski definition) is 4. The van der Waals surface area contributed by atoms with E-state index in [1.54, 1.807) is 12.1 Å². The average molecular weight is 460 g/mol. The number of ether oxygens (including phenoxy) is 1. The Balaban J connectivity index is 1.59. The second kappa shape index (κ2) is 9.39. The lowest BCUT2D eigenvalue weighted by Crippen LogP contribution is -2.17. The van der Waals surface area contributed by atoms with Gasteiger partial charge in [-0.05, 0) is 69.5 Å². The number of phenols is 1. The maximum absolute atomic E-state index is 12.0. The zero-order valence-corrected chi connectivity index (χ0v) is 16.9. The molecule has 3 rings (SSSR count). The van der Waals surface area contributed by atoms with Crippen LogP contribution in [0.25, 0.3) is 0 Å². The van der Waals surface area contributed by atoms with Crippen LogP contribution in [0.3, 0.4) is 0 Å². The van der Waals surface area contributed by atoms with E-state index in [1.165, 1.54) is 18.3 Å². The third kappa shape index (κ3) is 5.34. The molecule has 3 aromatic carbocycles. The topological polar surface area (TPSA) is 70.9 Å². The Morgan fingerprint density at radius 2 is 1.89 bits per heavy atom. The fourth-order valence-corrected chi connectivity index (χ4v) is 2.98. The van der Waals surface area contributed by atoms with Crippen molar-refractivity contribution in [3.8, 4) is 11.5 Å². The predicted molar refractivity (Wildman–Crippen MR) is 113 cm³/mol. The Kier molecular flexibility index (Phi) is 6.68. The van der Waals surface area contributed by atoms with Gasteiger partial charge in [-0.2, -0.15) is 5.10 Å². The van der Waals surface area contributed by atoms with Crippen molar-refractivity contribution < 1.29 is 14.6 Å². The van der Waals surface area contributed by atoms with E-state index in [0.29, 0.717) is 17.4 Å². The number of para-hydroxylation sites is 1. The lowest BCUT2D eigenvalue weighted by molar-refractivity contribution is 0.0952. The number of halogens is 2. The Labute approximate surface area is 175 Å². The molecule has 3 aromatic rings. The number of aromatic hydroxyl groups is 1. The van der Waals surface area contributed by atoms with Crippen LogP contribution in [-0.4, -0.2) is 17.2 Å². The van der Waals surface area contributed by atoms with Crippen molar-refractivity contribution in [1.29, 1.82) is 0 Å². The van der Waals surface area contributed by atoms with Crippen LogP contribution in [0.4, 0.5) is 0 Å². The van der Waals surface area contributed by atoms with Gasteiger partial charge in [0.1, 0.15) is 18.1 Å². The third-order valence-corrected chi connectivity index (χ3v) is 4.66. The highest BCUT2D eigenvalue weighted by Crippen LogP contribution is 2.26. The van der Waals surface area contributed by atoms with Gasteiger partial charge in [0.05, 0.1) is 16.3 Å². The molecule has 0 bridgehead atoms. The largest absolute Gasteiger partial charge is 0.507 e. The summed E-state index contributed by atoms with van der Waals surface area (Å²) >= 11 is 9.35. The minimum atomic E-state index is -0.490. The highest BCUT2D eigenvalue weighted by molar-refractivity contribution is 9.10. The van der Waals surface area contributed by atoms with Crippen molar-refractivity contribution in [2.45, 2.75) is 6.61 Å². The molecule has 0 unspecified atom stereocenters. The van der Waals surface area contributed by atoms with Crippen LogP contribution in [0, 0.1) is 0 Å². The second-order valence-electron chi connectivity index (χ2n) is 5.82. The molecule has 0 radical (unpaired) electrons. The molecule has 0 saturated carbocycles. The van der Waals surface area contributed by atoms with Crippen LogP contribution in [0.15, 0.2) is 76.3 Å². The summed E-state index contributed by atoms with van der Waals surface area (Å²) in [4.78, 5) is 12.0. The van der Waals surface area contributed by atoms with E-state index in [2.05, 4.69) is 26.5 Å². The van der Waals surface area contributed by atoms with Gasteiger partial charge in [0.15, 0.2) is 0 Å². The third-order valence-electron chi connectivity index (χ3n) is 3.79. The van der Waals surface area contributed by atoms with Gasteiger partial charge in [0.25, 0.3) is 5.91 Å². The Morgan fingerprint density at radius 1 is 1.14 bits per heavy atom. The van der Waals surface area contributed by atoms with Gasteiger partial charge in [-0.25, -0.2) is 5.43 Å². The standard InChI is InChI=1S/C21H16BrClN2O3/c22-18-11-15(12-24-25-21(27)17-3-1-2-4-19(17)26)7-10-20(18)28-13-14-5-8-16(23)9-6-14/h1-12,26H,13H2,(H,25,27)/b24-12+. The maximum atomic E-state index is 12.0. The molecule has 0 aliphatic carbocycles. The zero-order chi connectivity index (χ0) is 19.9. The molecule has 0 heterocycles. The predicted octanol–water partition coefficient (Wildman–Crippen LogP) is 5.15. The van der Waals surface area contributed by atoms with Gasteiger partial charge in [0, 0.05) is 5.02 Å². The van der Waals surface area contributed by atoms with Gasteiger partial charge < -0.3 is 9.84 Å². The normalized spacial score (nSPS) is 10.8. The summed E-state index contributed by atoms with van der Waals surface area (Å²) in [5.74, 6) is 0.0989. The lowest BCUT2D eigenvalue weighted by Gasteiger charge is -2.09. The van der Waals surface area contributed by atoms with Gasteiger partial charge >= 0.3 is 0 Å². The first-order chi connectivity index (χ1) is 13.5. The molecule has 0 fully saturated rings. The van der Waals surface area contributed by atoms with Crippen molar-refractivity contribution >= 4 is 39.7 Å². The Morgan fingerprint density at radius 3 is 2.61 bits per heavy atom. The molecule has 1 amide bonds. The number of carbonyl (C=O) groups excluding carboxylic acids is 1. The van der Waals surface area contributed by atoms with Crippen molar-refractivity contribution in [3.05, 3.63) is 92.9 Å². The summed E-state index contributed by atoms with van der Waals surface area (Å²) in [6.45, 7) is 0.416. The quantitative estimate of drug-likeness (QED) is 0.395. The summed E-state index contributed by atoms with van der Waals surface area (Å²) in [7, 11) is 0. The monoisotopic (exact) mass is 458 g/mol. The van der Waals surface area contributed by atoms with Crippen molar-refractivity contribution in [2.75, 3.05) is 0 Å². The van der Waals surface area contributed by atoms with Gasteiger partial charge in [-0.15, -0.1) is 0 Å². The number of amides is 1. The van der Waals surface area contributed by atoms with E-state index in [-0.39, 0.29) is 11.3 Å². The van der Waals surface area contributed by atoms with Crippen LogP contribution >= 0.6 is 27.5 Å². The van der Waals surface area contributed by atoms with Crippen molar-refractivity contribution in [1.82, 2.24) is 5.43 Å². The summed E-state index contributed by atoms with van der Waals surface area (Å²) in [6.07, 6.45) is 1.51. The van der Waals surface area contributed by atoms with E-state index in [4.69, 9.17) is 16.3 Å². The molecule has 0 aromatic heterocycles. The van der Waals surface area contributed by atoms with Crippen LogP contribution in [-0.2, 0) is 6.61 Å². The molecule has 0 aliphatic rings. The molecular weight excluding hydrogens is 444 g/mol. The second-order valence-corrected chi connectivity index (χ2v) is 7.11. The van der Waals surface area contributed by atoms with Gasteiger partial charge in [-0.1, -0.05) is 35.9 Å². The number of rotatable bonds is 6. The summed E-state index contributed by atoms with van der Waals surface area (Å²) in [5, 5.41) is 14.3. The highest BCUT2D eigenvalue weighted by Gasteiger charge is 2.08. The minimum absolute atomic E-state index is 0.0971. The van der Waals surface area contributed by atoms with Crippen molar-refractivity contribution in [3.63, 3.8) is 0 Å². The molecular formula is C21H16BrClN2O3. The number of carbonyl (C=O) groups is 1. The highest BCUT2D eigenvalue weighted by atomic mass is 79.9. The molecule has 7 heteroatoms. The SMILES string of the molecule is O=C(N/N=C/c1ccc(OCc2ccc(Cl)cc2)c(Br)c1)c1ccccc1O. The number of hydrazone groups is 1. The zero-order valence-electron chi connectivity index (χ0n) is 14.6. The lowest BCUT2D eigenvalue weighted by atomic mass is 10.2. The molecule has 5 nitrogen and oxygen atoms in total. The van der Waals surface area contributed by atoms with Crippen LogP contribution in [0.5, 0.6) is 11.5 Å². The summed E-state index contributed by atoms with van der Waals surface area (Å²) in [5.41, 5.74) is 4.32. The van der Waals surface area contributed by atoms with E-state index >= 15 is 0 Å². The molecule has 142 valence electrons. The molecule has 0 atom stereocenters. The van der Waals surface area contributed by atoms with Gasteiger partial charge in [0.2, 0.25) is 0 Å². The van der Waals surface area contributed by atoms with E-state index in [0.717, 1.165) is 15.6 Å². The number of benzene rings is 3. The van der Waals surface area contributed by atoms with Crippen LogP contribution in [0.2, 0.25) is 5.02 Å². The maximum Gasteiger partial charge on any atom is 0.275 e. The first-order valence-corrected chi connectivity index (χ1v) is 9.48. The molecule has 0 aliphatic heterocycles. The first kappa shape index (κ1) is 19.9. The Bertz CT molecular complexity index is 1010. The van der Waals surface area contributed by atoms with E-state index in [1.807, 2.05) is 42.5 Å². The number of hydrogen-bond donors (Lipinski definition) is 2. The van der Waals surface area contributed by atoms with E-state index in [9.17, 15) is 9.90 Å². The Hall–Kier alpha value is -2.83. The summed E-state index contributed by atoms with van der Waals surface area (Å²) in [6, 6.07) is 19.2. The molecule has 2 N–H and O–H groups in total. The fourth-order valence-electron chi connectivity index (χ4n) is 2.35. The fraction of sp³-hybridized carbons (Fsp3) is 0.0476. The number of phenolic OH excluding ortho intramolecular Hbond substituents is 1. The van der Waals surface area contributed by atoms with Crippen molar-refractivity contribution in [2.24, 2.45) is 5.10 Å². The minimum Gasteiger partial charge on any atom is -0.507 e. The molecule has 0 saturated heterocycles. The summed E-state index contributed by atoms with van der Waals surface area (Å²) < 4.78 is 6.56. The number of nitrogens with one attached hydrogen (secondary N) is 1. The van der Waals surface area contributed by atoms with E-state index < -0.39 is 5.91 Å².